The summed E-state index contributed by atoms with van der Waals surface area (Å²) in [6.45, 7) is 0. The van der Waals surface area contributed by atoms with Crippen LogP contribution in [0.4, 0.5) is 18.9 Å². The van der Waals surface area contributed by atoms with Gasteiger partial charge in [-0.15, -0.1) is 0 Å². The minimum absolute atomic E-state index is 0.0895. The average molecular weight is 339 g/mol. The van der Waals surface area contributed by atoms with Gasteiger partial charge in [-0.1, -0.05) is 6.07 Å². The van der Waals surface area contributed by atoms with Crippen LogP contribution in [0.25, 0.3) is 0 Å². The molecule has 5 nitrogen and oxygen atoms in total. The maximum absolute atomic E-state index is 12.8. The smallest absolute Gasteiger partial charge is 0.416 e. The zero-order valence-corrected chi connectivity index (χ0v) is 13.1. The molecule has 1 atom stereocenters. The summed E-state index contributed by atoms with van der Waals surface area (Å²) in [6, 6.07) is 6.72. The van der Waals surface area contributed by atoms with Gasteiger partial charge in [0, 0.05) is 18.4 Å². The van der Waals surface area contributed by atoms with Crippen molar-refractivity contribution in [2.75, 3.05) is 19.5 Å². The average Bonchev–Trinajstić information content (AvgIpc) is 2.89. The number of allylic oxidation sites excluding steroid dienone is 1. The molecule has 0 aromatic heterocycles. The number of hydrogen-bond donors (Lipinski definition) is 1. The van der Waals surface area contributed by atoms with Gasteiger partial charge in [-0.25, -0.2) is 4.79 Å². The summed E-state index contributed by atoms with van der Waals surface area (Å²) in [5.41, 5.74) is -0.00198. The number of halogens is 3. The maximum Gasteiger partial charge on any atom is 0.416 e. The number of nitriles is 1. The second kappa shape index (κ2) is 6.83. The predicted molar refractivity (Wildman–Crippen MR) is 80.5 cm³/mol. The molecule has 1 aliphatic rings. The lowest BCUT2D eigenvalue weighted by Crippen LogP contribution is -2.32. The molecule has 0 bridgehead atoms. The van der Waals surface area contributed by atoms with Gasteiger partial charge in [0.15, 0.2) is 5.57 Å². The van der Waals surface area contributed by atoms with E-state index < -0.39 is 17.7 Å². The Kier molecular flexibility index (Phi) is 5.02. The third-order valence-electron chi connectivity index (χ3n) is 3.86. The molecule has 1 aliphatic heterocycles. The summed E-state index contributed by atoms with van der Waals surface area (Å²) in [5, 5.41) is 12.1. The Morgan fingerprint density at radius 1 is 1.46 bits per heavy atom. The van der Waals surface area contributed by atoms with Crippen LogP contribution in [0.2, 0.25) is 0 Å². The fourth-order valence-corrected chi connectivity index (χ4v) is 2.61. The summed E-state index contributed by atoms with van der Waals surface area (Å²) in [6.07, 6.45) is -3.74. The number of likely N-dealkylation sites (tertiary alicyclic amines) is 1. The summed E-state index contributed by atoms with van der Waals surface area (Å²) >= 11 is 0. The van der Waals surface area contributed by atoms with Crippen molar-refractivity contribution in [3.05, 3.63) is 41.1 Å². The van der Waals surface area contributed by atoms with Gasteiger partial charge in [0.05, 0.1) is 18.8 Å². The number of nitrogens with zero attached hydrogens (tertiary/aromatic N) is 2. The third-order valence-corrected chi connectivity index (χ3v) is 3.86. The SMILES string of the molecule is COC(=O)/C(C#N)=C1/CC[C@@H](Nc2cccc(C(F)(F)F)c2)N1C. The Morgan fingerprint density at radius 2 is 2.17 bits per heavy atom. The van der Waals surface area contributed by atoms with Crippen LogP contribution < -0.4 is 5.32 Å². The lowest BCUT2D eigenvalue weighted by molar-refractivity contribution is -0.137. The van der Waals surface area contributed by atoms with Crippen LogP contribution in [0.15, 0.2) is 35.5 Å². The number of hydrogen-bond acceptors (Lipinski definition) is 5. The van der Waals surface area contributed by atoms with Crippen LogP contribution in [0.3, 0.4) is 0 Å². The minimum Gasteiger partial charge on any atom is -0.465 e. The van der Waals surface area contributed by atoms with E-state index in [9.17, 15) is 18.0 Å². The molecular weight excluding hydrogens is 323 g/mol. The number of anilines is 1. The molecule has 1 saturated heterocycles. The van der Waals surface area contributed by atoms with Crippen molar-refractivity contribution in [2.24, 2.45) is 0 Å². The van der Waals surface area contributed by atoms with Crippen LogP contribution in [-0.4, -0.2) is 31.2 Å². The topological polar surface area (TPSA) is 65.4 Å². The van der Waals surface area contributed by atoms with E-state index in [0.29, 0.717) is 24.2 Å². The molecule has 0 aliphatic carbocycles. The van der Waals surface area contributed by atoms with Crippen molar-refractivity contribution in [3.8, 4) is 6.07 Å². The molecule has 1 aromatic rings. The highest BCUT2D eigenvalue weighted by Crippen LogP contribution is 2.33. The van der Waals surface area contributed by atoms with Gasteiger partial charge < -0.3 is 15.0 Å². The highest BCUT2D eigenvalue weighted by atomic mass is 19.4. The fourth-order valence-electron chi connectivity index (χ4n) is 2.61. The Balaban J connectivity index is 2.20. The van der Waals surface area contributed by atoms with Crippen molar-refractivity contribution in [2.45, 2.75) is 25.2 Å². The number of benzene rings is 1. The third kappa shape index (κ3) is 3.62. The molecule has 1 aromatic carbocycles. The lowest BCUT2D eigenvalue weighted by Gasteiger charge is -2.25. The largest absolute Gasteiger partial charge is 0.465 e. The maximum atomic E-state index is 12.8. The molecule has 128 valence electrons. The van der Waals surface area contributed by atoms with Crippen molar-refractivity contribution in [3.63, 3.8) is 0 Å². The molecular formula is C16H16F3N3O2. The fraction of sp³-hybridized carbons (Fsp3) is 0.375. The zero-order chi connectivity index (χ0) is 17.9. The first-order valence-electron chi connectivity index (χ1n) is 7.16. The summed E-state index contributed by atoms with van der Waals surface area (Å²) in [4.78, 5) is 13.3. The number of esters is 1. The molecule has 24 heavy (non-hydrogen) atoms. The van der Waals surface area contributed by atoms with E-state index in [2.05, 4.69) is 10.1 Å². The number of alkyl halides is 3. The van der Waals surface area contributed by atoms with E-state index in [-0.39, 0.29) is 11.7 Å². The highest BCUT2D eigenvalue weighted by Gasteiger charge is 2.32. The van der Waals surface area contributed by atoms with Gasteiger partial charge in [0.25, 0.3) is 0 Å². The van der Waals surface area contributed by atoms with E-state index in [0.717, 1.165) is 12.1 Å². The Hall–Kier alpha value is -2.69. The first kappa shape index (κ1) is 17.7. The van der Waals surface area contributed by atoms with Crippen LogP contribution in [-0.2, 0) is 15.7 Å². The quantitative estimate of drug-likeness (QED) is 0.521. The molecule has 0 spiro atoms. The summed E-state index contributed by atoms with van der Waals surface area (Å²) < 4.78 is 42.9. The number of rotatable bonds is 3. The lowest BCUT2D eigenvalue weighted by atomic mass is 10.2. The summed E-state index contributed by atoms with van der Waals surface area (Å²) in [5.74, 6) is -0.723. The van der Waals surface area contributed by atoms with Crippen molar-refractivity contribution < 1.29 is 22.7 Å². The zero-order valence-electron chi connectivity index (χ0n) is 13.1. The van der Waals surface area contributed by atoms with Gasteiger partial charge in [-0.05, 0) is 31.0 Å². The standard InChI is InChI=1S/C16H16F3N3O2/c1-22-13(12(9-20)15(23)24-2)6-7-14(22)21-11-5-3-4-10(8-11)16(17,18)19/h3-5,8,14,21H,6-7H2,1-2H3/b13-12-/t14-/m0/s1. The molecule has 1 fully saturated rings. The molecule has 0 unspecified atom stereocenters. The van der Waals surface area contributed by atoms with Crippen molar-refractivity contribution in [1.29, 1.82) is 5.26 Å². The number of methoxy groups -OCH3 is 1. The molecule has 8 heteroatoms. The van der Waals surface area contributed by atoms with Crippen LogP contribution in [0.5, 0.6) is 0 Å². The van der Waals surface area contributed by atoms with E-state index in [1.807, 2.05) is 6.07 Å². The molecule has 0 amide bonds. The number of ether oxygens (including phenoxy) is 1. The van der Waals surface area contributed by atoms with Gasteiger partial charge in [-0.3, -0.25) is 0 Å². The predicted octanol–water partition coefficient (Wildman–Crippen LogP) is 3.12. The van der Waals surface area contributed by atoms with E-state index >= 15 is 0 Å². The van der Waals surface area contributed by atoms with E-state index in [1.54, 1.807) is 11.9 Å². The second-order valence-electron chi connectivity index (χ2n) is 5.31. The number of carbonyl (C=O) groups is 1. The van der Waals surface area contributed by atoms with Crippen LogP contribution in [0.1, 0.15) is 18.4 Å². The van der Waals surface area contributed by atoms with Crippen LogP contribution in [0, 0.1) is 11.3 Å². The number of carbonyl (C=O) groups excluding carboxylic acids is 1. The van der Waals surface area contributed by atoms with Gasteiger partial charge in [0.2, 0.25) is 0 Å². The summed E-state index contributed by atoms with van der Waals surface area (Å²) in [7, 11) is 2.86. The normalized spacial score (nSPS) is 19.7. The van der Waals surface area contributed by atoms with E-state index in [1.165, 1.54) is 19.2 Å². The van der Waals surface area contributed by atoms with Crippen molar-refractivity contribution >= 4 is 11.7 Å². The minimum atomic E-state index is -4.41. The molecule has 1 N–H and O–H groups in total. The van der Waals surface area contributed by atoms with Gasteiger partial charge in [0.1, 0.15) is 6.07 Å². The molecule has 0 saturated carbocycles. The van der Waals surface area contributed by atoms with E-state index in [4.69, 9.17) is 5.26 Å². The number of nitrogens with one attached hydrogen (secondary N) is 1. The first-order valence-corrected chi connectivity index (χ1v) is 7.16. The monoisotopic (exact) mass is 339 g/mol. The first-order chi connectivity index (χ1) is 11.3. The van der Waals surface area contributed by atoms with Gasteiger partial charge in [-0.2, -0.15) is 18.4 Å². The van der Waals surface area contributed by atoms with Crippen molar-refractivity contribution in [1.82, 2.24) is 4.90 Å². The Bertz CT molecular complexity index is 707. The Morgan fingerprint density at radius 3 is 2.75 bits per heavy atom. The second-order valence-corrected chi connectivity index (χ2v) is 5.31. The molecule has 2 rings (SSSR count). The van der Waals surface area contributed by atoms with Gasteiger partial charge >= 0.3 is 12.1 Å². The molecule has 1 heterocycles. The highest BCUT2D eigenvalue weighted by molar-refractivity contribution is 5.93. The molecule has 0 radical (unpaired) electrons. The van der Waals surface area contributed by atoms with Crippen LogP contribution >= 0.6 is 0 Å². The Labute approximate surface area is 137 Å².